The maximum Gasteiger partial charge on any atom is 0.0925 e. The molecule has 1 fully saturated rings. The lowest BCUT2D eigenvalue weighted by Crippen LogP contribution is -1.87. The third-order valence-corrected chi connectivity index (χ3v) is 3.24. The van der Waals surface area contributed by atoms with Gasteiger partial charge in [-0.1, -0.05) is 30.3 Å². The molecule has 1 aliphatic rings. The van der Waals surface area contributed by atoms with Crippen LogP contribution in [0.25, 0.3) is 0 Å². The van der Waals surface area contributed by atoms with Crippen molar-refractivity contribution in [2.24, 2.45) is 0 Å². The van der Waals surface area contributed by atoms with Crippen molar-refractivity contribution in [2.75, 3.05) is 0 Å². The highest BCUT2D eigenvalue weighted by molar-refractivity contribution is 5.34. The number of imidazole rings is 1. The van der Waals surface area contributed by atoms with E-state index in [1.807, 2.05) is 0 Å². The van der Waals surface area contributed by atoms with Gasteiger partial charge in [-0.25, -0.2) is 4.98 Å². The highest BCUT2D eigenvalue weighted by atomic mass is 14.9. The second kappa shape index (κ2) is 3.23. The summed E-state index contributed by atoms with van der Waals surface area (Å²) in [6, 6.07) is 10.7. The van der Waals surface area contributed by atoms with E-state index in [-0.39, 0.29) is 0 Å². The van der Waals surface area contributed by atoms with Crippen LogP contribution in [0.15, 0.2) is 36.7 Å². The second-order valence-corrected chi connectivity index (χ2v) is 4.27. The van der Waals surface area contributed by atoms with Crippen molar-refractivity contribution in [3.63, 3.8) is 0 Å². The molecule has 0 radical (unpaired) electrons. The molecule has 0 aliphatic heterocycles. The van der Waals surface area contributed by atoms with Crippen LogP contribution in [0.1, 0.15) is 35.2 Å². The van der Waals surface area contributed by atoms with E-state index < -0.39 is 0 Å². The number of nitrogens with zero attached hydrogens (tertiary/aromatic N) is 1. The van der Waals surface area contributed by atoms with Crippen molar-refractivity contribution in [1.82, 2.24) is 9.97 Å². The molecule has 15 heavy (non-hydrogen) atoms. The number of hydrogen-bond donors (Lipinski definition) is 1. The zero-order chi connectivity index (χ0) is 10.3. The summed E-state index contributed by atoms with van der Waals surface area (Å²) in [5.74, 6) is 1.33. The van der Waals surface area contributed by atoms with Gasteiger partial charge in [-0.3, -0.25) is 0 Å². The number of nitrogens with one attached hydrogen (secondary N) is 1. The molecule has 2 nitrogen and oxygen atoms in total. The van der Waals surface area contributed by atoms with Crippen LogP contribution in [0.3, 0.4) is 0 Å². The van der Waals surface area contributed by atoms with Gasteiger partial charge in [-0.15, -0.1) is 0 Å². The minimum atomic E-state index is 0.638. The number of benzene rings is 1. The Labute approximate surface area is 89.4 Å². The molecule has 0 amide bonds. The third-order valence-electron chi connectivity index (χ3n) is 3.24. The van der Waals surface area contributed by atoms with E-state index in [9.17, 15) is 0 Å². The maximum absolute atomic E-state index is 4.40. The van der Waals surface area contributed by atoms with E-state index in [0.29, 0.717) is 11.8 Å². The fraction of sp³-hybridized carbons (Fsp3) is 0.308. The maximum atomic E-state index is 4.40. The van der Waals surface area contributed by atoms with Gasteiger partial charge in [0.05, 0.1) is 12.0 Å². The molecular formula is C13H14N2. The largest absolute Gasteiger partial charge is 0.348 e. The van der Waals surface area contributed by atoms with Crippen molar-refractivity contribution >= 4 is 0 Å². The standard InChI is InChI=1S/C13H14N2/c1-9-13(15-8-14-9)12-7-11(12)10-5-3-2-4-6-10/h2-6,8,11-12H,7H2,1H3,(H,14,15). The lowest BCUT2D eigenvalue weighted by atomic mass is 10.1. The van der Waals surface area contributed by atoms with E-state index >= 15 is 0 Å². The number of aromatic amines is 1. The quantitative estimate of drug-likeness (QED) is 0.789. The number of aromatic nitrogens is 2. The summed E-state index contributed by atoms with van der Waals surface area (Å²) in [5, 5.41) is 0. The van der Waals surface area contributed by atoms with Gasteiger partial charge in [0.1, 0.15) is 0 Å². The monoisotopic (exact) mass is 198 g/mol. The molecule has 3 rings (SSSR count). The molecule has 1 saturated carbocycles. The van der Waals surface area contributed by atoms with Gasteiger partial charge in [0, 0.05) is 11.6 Å². The van der Waals surface area contributed by atoms with Crippen molar-refractivity contribution in [2.45, 2.75) is 25.2 Å². The van der Waals surface area contributed by atoms with Crippen LogP contribution in [0.4, 0.5) is 0 Å². The summed E-state index contributed by atoms with van der Waals surface area (Å²) < 4.78 is 0. The van der Waals surface area contributed by atoms with Crippen LogP contribution in [-0.4, -0.2) is 9.97 Å². The number of hydrogen-bond acceptors (Lipinski definition) is 1. The van der Waals surface area contributed by atoms with Crippen LogP contribution >= 0.6 is 0 Å². The Balaban J connectivity index is 1.83. The van der Waals surface area contributed by atoms with Gasteiger partial charge in [0.25, 0.3) is 0 Å². The molecule has 76 valence electrons. The molecule has 2 aromatic rings. The predicted molar refractivity (Wildman–Crippen MR) is 59.9 cm³/mol. The predicted octanol–water partition coefficient (Wildman–Crippen LogP) is 2.99. The first-order chi connectivity index (χ1) is 7.36. The van der Waals surface area contributed by atoms with Gasteiger partial charge in [0.15, 0.2) is 0 Å². The van der Waals surface area contributed by atoms with E-state index in [2.05, 4.69) is 47.2 Å². The molecule has 1 aromatic heterocycles. The smallest absolute Gasteiger partial charge is 0.0925 e. The molecule has 1 heterocycles. The van der Waals surface area contributed by atoms with Gasteiger partial charge in [-0.05, 0) is 24.8 Å². The molecule has 0 bridgehead atoms. The topological polar surface area (TPSA) is 28.7 Å². The summed E-state index contributed by atoms with van der Waals surface area (Å²) in [6.07, 6.45) is 3.04. The molecule has 2 atom stereocenters. The fourth-order valence-corrected chi connectivity index (χ4v) is 2.31. The average Bonchev–Trinajstić information content (AvgIpc) is 2.96. The Bertz CT molecular complexity index is 458. The van der Waals surface area contributed by atoms with Crippen LogP contribution in [0.2, 0.25) is 0 Å². The summed E-state index contributed by atoms with van der Waals surface area (Å²) in [4.78, 5) is 7.55. The Kier molecular flexibility index (Phi) is 1.88. The third kappa shape index (κ3) is 1.46. The van der Waals surface area contributed by atoms with Gasteiger partial charge in [0.2, 0.25) is 0 Å². The van der Waals surface area contributed by atoms with Gasteiger partial charge in [-0.2, -0.15) is 0 Å². The van der Waals surface area contributed by atoms with Crippen LogP contribution in [-0.2, 0) is 0 Å². The molecule has 2 heteroatoms. The zero-order valence-corrected chi connectivity index (χ0v) is 8.77. The van der Waals surface area contributed by atoms with Crippen molar-refractivity contribution < 1.29 is 0 Å². The normalized spacial score (nSPS) is 24.1. The van der Waals surface area contributed by atoms with E-state index in [0.717, 1.165) is 0 Å². The van der Waals surface area contributed by atoms with Crippen LogP contribution in [0, 0.1) is 6.92 Å². The SMILES string of the molecule is Cc1[nH]cnc1C1CC1c1ccccc1. The van der Waals surface area contributed by atoms with Crippen molar-refractivity contribution in [1.29, 1.82) is 0 Å². The number of rotatable bonds is 2. The zero-order valence-electron chi connectivity index (χ0n) is 8.77. The number of H-pyrrole nitrogens is 1. The van der Waals surface area contributed by atoms with Crippen molar-refractivity contribution in [3.8, 4) is 0 Å². The molecule has 1 N–H and O–H groups in total. The van der Waals surface area contributed by atoms with Crippen LogP contribution in [0.5, 0.6) is 0 Å². The van der Waals surface area contributed by atoms with Gasteiger partial charge < -0.3 is 4.98 Å². The highest BCUT2D eigenvalue weighted by Crippen LogP contribution is 2.54. The van der Waals surface area contributed by atoms with Crippen LogP contribution < -0.4 is 0 Å². The first kappa shape index (κ1) is 8.72. The summed E-state index contributed by atoms with van der Waals surface area (Å²) in [7, 11) is 0. The molecule has 1 aromatic carbocycles. The first-order valence-electron chi connectivity index (χ1n) is 5.41. The Hall–Kier alpha value is -1.57. The average molecular weight is 198 g/mol. The highest BCUT2D eigenvalue weighted by Gasteiger charge is 2.41. The first-order valence-corrected chi connectivity index (χ1v) is 5.41. The molecule has 2 unspecified atom stereocenters. The molecular weight excluding hydrogens is 184 g/mol. The molecule has 0 spiro atoms. The van der Waals surface area contributed by atoms with E-state index in [1.54, 1.807) is 6.33 Å². The summed E-state index contributed by atoms with van der Waals surface area (Å²) >= 11 is 0. The van der Waals surface area contributed by atoms with E-state index in [1.165, 1.54) is 23.4 Å². The van der Waals surface area contributed by atoms with Gasteiger partial charge >= 0.3 is 0 Å². The Morgan fingerprint density at radius 1 is 1.20 bits per heavy atom. The lowest BCUT2D eigenvalue weighted by molar-refractivity contribution is 0.967. The van der Waals surface area contributed by atoms with Crippen molar-refractivity contribution in [3.05, 3.63) is 53.6 Å². The molecule has 0 saturated heterocycles. The lowest BCUT2D eigenvalue weighted by Gasteiger charge is -1.98. The van der Waals surface area contributed by atoms with E-state index in [4.69, 9.17) is 0 Å². The Morgan fingerprint density at radius 3 is 2.67 bits per heavy atom. The fourth-order valence-electron chi connectivity index (χ4n) is 2.31. The second-order valence-electron chi connectivity index (χ2n) is 4.27. The molecule has 1 aliphatic carbocycles. The summed E-state index contributed by atoms with van der Waals surface area (Å²) in [6.45, 7) is 2.10. The minimum Gasteiger partial charge on any atom is -0.348 e. The minimum absolute atomic E-state index is 0.638. The Morgan fingerprint density at radius 2 is 2.00 bits per heavy atom. The number of aryl methyl sites for hydroxylation is 1. The summed E-state index contributed by atoms with van der Waals surface area (Å²) in [5.41, 5.74) is 3.92.